The van der Waals surface area contributed by atoms with Gasteiger partial charge in [-0.2, -0.15) is 0 Å². The highest BCUT2D eigenvalue weighted by molar-refractivity contribution is 6.11. The zero-order valence-electron chi connectivity index (χ0n) is 15.9. The number of imide groups is 1. The number of urea groups is 1. The fourth-order valence-corrected chi connectivity index (χ4v) is 3.06. The Kier molecular flexibility index (Phi) is 4.59. The van der Waals surface area contributed by atoms with Crippen LogP contribution in [0.4, 0.5) is 4.79 Å². The number of hydrogen-bond donors (Lipinski definition) is 1. The van der Waals surface area contributed by atoms with E-state index in [0.29, 0.717) is 11.3 Å². The quantitative estimate of drug-likeness (QED) is 0.667. The maximum Gasteiger partial charge on any atom is 0.325 e. The van der Waals surface area contributed by atoms with E-state index in [1.54, 1.807) is 43.5 Å². The van der Waals surface area contributed by atoms with Gasteiger partial charge in [-0.05, 0) is 30.0 Å². The van der Waals surface area contributed by atoms with Crippen LogP contribution >= 0.6 is 0 Å². The molecule has 1 aromatic carbocycles. The molecule has 2 aromatic rings. The molecule has 3 amide bonds. The molecule has 1 aromatic heterocycles. The lowest BCUT2D eigenvalue weighted by Gasteiger charge is -2.21. The van der Waals surface area contributed by atoms with Crippen LogP contribution in [-0.4, -0.2) is 34.2 Å². The Bertz CT molecular complexity index is 885. The van der Waals surface area contributed by atoms with Crippen LogP contribution in [0.15, 0.2) is 48.7 Å². The number of pyridine rings is 1. The van der Waals surface area contributed by atoms with Crippen molar-refractivity contribution in [1.82, 2.24) is 15.2 Å². The van der Waals surface area contributed by atoms with Gasteiger partial charge in [-0.15, -0.1) is 0 Å². The highest BCUT2D eigenvalue weighted by atomic mass is 16.2. The Morgan fingerprint density at radius 3 is 2.33 bits per heavy atom. The molecule has 0 saturated carbocycles. The van der Waals surface area contributed by atoms with Crippen LogP contribution in [0.5, 0.6) is 0 Å². The van der Waals surface area contributed by atoms with E-state index in [-0.39, 0.29) is 17.7 Å². The predicted molar refractivity (Wildman–Crippen MR) is 101 cm³/mol. The first-order valence-corrected chi connectivity index (χ1v) is 8.82. The van der Waals surface area contributed by atoms with Gasteiger partial charge in [0.25, 0.3) is 5.91 Å². The summed E-state index contributed by atoms with van der Waals surface area (Å²) >= 11 is 0. The van der Waals surface area contributed by atoms with Gasteiger partial charge in [0.05, 0.1) is 12.2 Å². The second kappa shape index (κ2) is 6.61. The van der Waals surface area contributed by atoms with E-state index in [1.807, 2.05) is 12.1 Å². The average Bonchev–Trinajstić information content (AvgIpc) is 2.86. The largest absolute Gasteiger partial charge is 0.325 e. The molecule has 2 heterocycles. The van der Waals surface area contributed by atoms with Crippen LogP contribution < -0.4 is 5.32 Å². The van der Waals surface area contributed by atoms with Crippen LogP contribution in [0, 0.1) is 0 Å². The van der Waals surface area contributed by atoms with Crippen molar-refractivity contribution in [3.05, 3.63) is 65.5 Å². The second-order valence-electron chi connectivity index (χ2n) is 7.91. The molecule has 1 aliphatic rings. The Labute approximate surface area is 158 Å². The molecule has 0 spiro atoms. The van der Waals surface area contributed by atoms with Crippen molar-refractivity contribution < 1.29 is 14.4 Å². The van der Waals surface area contributed by atoms with E-state index in [0.717, 1.165) is 10.5 Å². The van der Waals surface area contributed by atoms with Crippen molar-refractivity contribution in [3.8, 4) is 0 Å². The van der Waals surface area contributed by atoms with Crippen molar-refractivity contribution >= 4 is 17.7 Å². The summed E-state index contributed by atoms with van der Waals surface area (Å²) in [5.41, 5.74) is 0.727. The second-order valence-corrected chi connectivity index (χ2v) is 7.91. The average molecular weight is 365 g/mol. The molecular formula is C21H23N3O3. The van der Waals surface area contributed by atoms with E-state index in [2.05, 4.69) is 31.1 Å². The number of nitrogens with zero attached hydrogens (tertiary/aromatic N) is 2. The first-order chi connectivity index (χ1) is 12.6. The number of carbonyl (C=O) groups excluding carboxylic acids is 3. The van der Waals surface area contributed by atoms with Crippen molar-refractivity contribution in [3.63, 3.8) is 0 Å². The van der Waals surface area contributed by atoms with Crippen LogP contribution in [0.2, 0.25) is 0 Å². The lowest BCUT2D eigenvalue weighted by Crippen LogP contribution is -2.42. The van der Waals surface area contributed by atoms with Gasteiger partial charge in [-0.1, -0.05) is 51.1 Å². The number of Topliss-reactive ketones (excluding diaryl/α,β-unsaturated/α-hetero) is 1. The number of amides is 3. The Balaban J connectivity index is 1.78. The Morgan fingerprint density at radius 2 is 1.78 bits per heavy atom. The lowest BCUT2D eigenvalue weighted by atomic mass is 9.86. The SMILES string of the molecule is CC(C)(C)c1ccc(C(=O)CN2C(=O)NC(C)(c3ccccn3)C2=O)cc1. The van der Waals surface area contributed by atoms with Crippen molar-refractivity contribution in [2.24, 2.45) is 0 Å². The fourth-order valence-electron chi connectivity index (χ4n) is 3.06. The zero-order chi connectivity index (χ0) is 19.8. The van der Waals surface area contributed by atoms with Crippen LogP contribution in [0.25, 0.3) is 0 Å². The first-order valence-electron chi connectivity index (χ1n) is 8.82. The summed E-state index contributed by atoms with van der Waals surface area (Å²) in [5.74, 6) is -0.768. The lowest BCUT2D eigenvalue weighted by molar-refractivity contribution is -0.130. The molecule has 1 N–H and O–H groups in total. The van der Waals surface area contributed by atoms with Gasteiger partial charge in [-0.3, -0.25) is 19.5 Å². The van der Waals surface area contributed by atoms with E-state index in [9.17, 15) is 14.4 Å². The number of carbonyl (C=O) groups is 3. The van der Waals surface area contributed by atoms with E-state index >= 15 is 0 Å². The van der Waals surface area contributed by atoms with Gasteiger partial charge in [0, 0.05) is 11.8 Å². The van der Waals surface area contributed by atoms with Crippen molar-refractivity contribution in [2.75, 3.05) is 6.54 Å². The third kappa shape index (κ3) is 3.47. The molecule has 6 heteroatoms. The molecule has 3 rings (SSSR count). The highest BCUT2D eigenvalue weighted by Gasteiger charge is 2.50. The Hall–Kier alpha value is -3.02. The number of nitrogens with one attached hydrogen (secondary N) is 1. The van der Waals surface area contributed by atoms with E-state index < -0.39 is 17.5 Å². The molecule has 140 valence electrons. The van der Waals surface area contributed by atoms with E-state index in [1.165, 1.54) is 0 Å². The molecule has 1 saturated heterocycles. The summed E-state index contributed by atoms with van der Waals surface area (Å²) in [5, 5.41) is 2.65. The molecule has 1 unspecified atom stereocenters. The summed E-state index contributed by atoms with van der Waals surface area (Å²) in [4.78, 5) is 42.9. The Morgan fingerprint density at radius 1 is 1.11 bits per heavy atom. The molecule has 1 atom stereocenters. The van der Waals surface area contributed by atoms with Crippen LogP contribution in [0.1, 0.15) is 49.3 Å². The van der Waals surface area contributed by atoms with Crippen LogP contribution in [0.3, 0.4) is 0 Å². The smallest absolute Gasteiger partial charge is 0.318 e. The highest BCUT2D eigenvalue weighted by Crippen LogP contribution is 2.27. The van der Waals surface area contributed by atoms with Gasteiger partial charge in [0.1, 0.15) is 0 Å². The summed E-state index contributed by atoms with van der Waals surface area (Å²) in [6, 6.07) is 11.8. The summed E-state index contributed by atoms with van der Waals surface area (Å²) in [6.07, 6.45) is 1.56. The minimum Gasteiger partial charge on any atom is -0.318 e. The number of hydrogen-bond acceptors (Lipinski definition) is 4. The molecule has 0 radical (unpaired) electrons. The standard InChI is InChI=1S/C21H23N3O3/c1-20(2,3)15-10-8-14(9-11-15)16(25)13-24-18(26)21(4,23-19(24)27)17-7-5-6-12-22-17/h5-12H,13H2,1-4H3,(H,23,27). The van der Waals surface area contributed by atoms with Crippen molar-refractivity contribution in [2.45, 2.75) is 38.6 Å². The van der Waals surface area contributed by atoms with Gasteiger partial charge in [0.2, 0.25) is 0 Å². The number of benzene rings is 1. The van der Waals surface area contributed by atoms with Gasteiger partial charge < -0.3 is 5.32 Å². The van der Waals surface area contributed by atoms with Gasteiger partial charge in [-0.25, -0.2) is 4.79 Å². The minimum absolute atomic E-state index is 0.0170. The zero-order valence-corrected chi connectivity index (χ0v) is 15.9. The monoisotopic (exact) mass is 365 g/mol. The molecular weight excluding hydrogens is 342 g/mol. The predicted octanol–water partition coefficient (Wildman–Crippen LogP) is 3.03. The molecule has 1 aliphatic heterocycles. The number of aromatic nitrogens is 1. The third-order valence-electron chi connectivity index (χ3n) is 4.83. The van der Waals surface area contributed by atoms with Crippen LogP contribution in [-0.2, 0) is 15.7 Å². The third-order valence-corrected chi connectivity index (χ3v) is 4.83. The molecule has 0 bridgehead atoms. The topological polar surface area (TPSA) is 79.4 Å². The summed E-state index contributed by atoms with van der Waals surface area (Å²) in [6.45, 7) is 7.57. The number of rotatable bonds is 4. The number of ketones is 1. The molecule has 6 nitrogen and oxygen atoms in total. The maximum absolute atomic E-state index is 12.8. The molecule has 27 heavy (non-hydrogen) atoms. The van der Waals surface area contributed by atoms with Crippen molar-refractivity contribution in [1.29, 1.82) is 0 Å². The first kappa shape index (κ1) is 18.8. The minimum atomic E-state index is -1.27. The normalized spacial score (nSPS) is 19.9. The van der Waals surface area contributed by atoms with Gasteiger partial charge in [0.15, 0.2) is 11.3 Å². The maximum atomic E-state index is 12.8. The summed E-state index contributed by atoms with van der Waals surface area (Å²) in [7, 11) is 0. The van der Waals surface area contributed by atoms with E-state index in [4.69, 9.17) is 0 Å². The summed E-state index contributed by atoms with van der Waals surface area (Å²) < 4.78 is 0. The molecule has 1 fully saturated rings. The van der Waals surface area contributed by atoms with Gasteiger partial charge >= 0.3 is 6.03 Å². The molecule has 0 aliphatic carbocycles. The fraction of sp³-hybridized carbons (Fsp3) is 0.333.